The lowest BCUT2D eigenvalue weighted by atomic mass is 10.3. The number of phosphoric ester groups is 1. The van der Waals surface area contributed by atoms with Gasteiger partial charge in [-0.05, 0) is 36.4 Å². The van der Waals surface area contributed by atoms with Crippen LogP contribution < -0.4 is 13.6 Å². The van der Waals surface area contributed by atoms with Crippen molar-refractivity contribution < 1.29 is 64.1 Å². The normalized spacial score (nSPS) is 11.1. The average molecular weight is 470 g/mol. The molecule has 14 heteroatoms. The number of phenols is 9. The summed E-state index contributed by atoms with van der Waals surface area (Å²) in [4.78, 5) is 0. The highest BCUT2D eigenvalue weighted by atomic mass is 31.2. The Labute approximate surface area is 178 Å². The lowest BCUT2D eigenvalue weighted by Crippen LogP contribution is -2.08. The summed E-state index contributed by atoms with van der Waals surface area (Å²) in [7, 11) is -5.13. The van der Waals surface area contributed by atoms with E-state index in [1.54, 1.807) is 0 Å². The van der Waals surface area contributed by atoms with Gasteiger partial charge in [0.15, 0.2) is 34.5 Å². The molecule has 0 bridgehead atoms. The molecule has 0 heterocycles. The highest BCUT2D eigenvalue weighted by molar-refractivity contribution is 7.49. The van der Waals surface area contributed by atoms with Gasteiger partial charge < -0.3 is 59.5 Å². The Kier molecular flexibility index (Phi) is 5.52. The van der Waals surface area contributed by atoms with E-state index in [1.807, 2.05) is 0 Å². The summed E-state index contributed by atoms with van der Waals surface area (Å²) in [5.74, 6) is -11.0. The first-order chi connectivity index (χ1) is 14.9. The van der Waals surface area contributed by atoms with E-state index in [4.69, 9.17) is 13.6 Å². The fraction of sp³-hybridized carbons (Fsp3) is 0. The quantitative estimate of drug-likeness (QED) is 0.187. The highest BCUT2D eigenvalue weighted by Crippen LogP contribution is 2.58. The number of rotatable bonds is 6. The zero-order valence-corrected chi connectivity index (χ0v) is 16.5. The van der Waals surface area contributed by atoms with Crippen LogP contribution >= 0.6 is 7.82 Å². The van der Waals surface area contributed by atoms with E-state index in [0.717, 1.165) is 36.4 Å². The smallest absolute Gasteiger partial charge is 0.504 e. The minimum absolute atomic E-state index is 0.756. The third kappa shape index (κ3) is 4.04. The first-order valence-corrected chi connectivity index (χ1v) is 9.80. The van der Waals surface area contributed by atoms with Crippen LogP contribution in [0.25, 0.3) is 0 Å². The van der Waals surface area contributed by atoms with Crippen LogP contribution in [0.4, 0.5) is 0 Å². The molecule has 3 rings (SSSR count). The molecule has 3 aromatic rings. The SMILES string of the molecule is O=P(Oc1ccc(O)c(O)c1O)(Oc1ccc(O)c(O)c1O)Oc1ccc(O)c(O)c1O. The molecule has 0 saturated heterocycles. The number of benzene rings is 3. The fourth-order valence-corrected chi connectivity index (χ4v) is 3.57. The molecule has 0 aliphatic carbocycles. The molecule has 3 aromatic carbocycles. The van der Waals surface area contributed by atoms with Crippen molar-refractivity contribution in [2.45, 2.75) is 0 Å². The van der Waals surface area contributed by atoms with Crippen molar-refractivity contribution >= 4 is 7.82 Å². The minimum atomic E-state index is -5.13. The van der Waals surface area contributed by atoms with E-state index >= 15 is 0 Å². The molecule has 0 radical (unpaired) electrons. The molecule has 0 aromatic heterocycles. The molecule has 0 aliphatic heterocycles. The highest BCUT2D eigenvalue weighted by Gasteiger charge is 2.38. The summed E-state index contributed by atoms with van der Waals surface area (Å²) in [6.45, 7) is 0. The Morgan fingerprint density at radius 3 is 0.938 bits per heavy atom. The first kappa shape index (κ1) is 22.2. The molecule has 0 aliphatic rings. The van der Waals surface area contributed by atoms with Gasteiger partial charge >= 0.3 is 7.82 Å². The summed E-state index contributed by atoms with van der Waals surface area (Å²) in [6.07, 6.45) is 0. The Morgan fingerprint density at radius 1 is 0.438 bits per heavy atom. The molecule has 0 unspecified atom stereocenters. The number of hydrogen-bond donors (Lipinski definition) is 9. The van der Waals surface area contributed by atoms with E-state index in [1.165, 1.54) is 0 Å². The predicted molar refractivity (Wildman–Crippen MR) is 104 cm³/mol. The molecule has 0 saturated carbocycles. The maximum atomic E-state index is 13.3. The van der Waals surface area contributed by atoms with Gasteiger partial charge in [0, 0.05) is 0 Å². The molecule has 13 nitrogen and oxygen atoms in total. The minimum Gasteiger partial charge on any atom is -0.504 e. The van der Waals surface area contributed by atoms with Gasteiger partial charge in [0.05, 0.1) is 0 Å². The summed E-state index contributed by atoms with van der Waals surface area (Å²) in [5, 5.41) is 86.9. The van der Waals surface area contributed by atoms with Gasteiger partial charge in [0.25, 0.3) is 0 Å². The fourth-order valence-electron chi connectivity index (χ4n) is 2.29. The Morgan fingerprint density at radius 2 is 0.688 bits per heavy atom. The number of phenolic OH excluding ortho intramolecular Hbond substituents is 9. The van der Waals surface area contributed by atoms with Crippen LogP contribution in [0, 0.1) is 0 Å². The van der Waals surface area contributed by atoms with Gasteiger partial charge in [-0.1, -0.05) is 0 Å². The van der Waals surface area contributed by atoms with Crippen molar-refractivity contribution in [1.29, 1.82) is 0 Å². The maximum Gasteiger partial charge on any atom is 0.647 e. The molecular weight excluding hydrogens is 455 g/mol. The number of aromatic hydroxyl groups is 9. The zero-order chi connectivity index (χ0) is 23.8. The number of hydrogen-bond acceptors (Lipinski definition) is 13. The van der Waals surface area contributed by atoms with Crippen molar-refractivity contribution in [3.63, 3.8) is 0 Å². The van der Waals surface area contributed by atoms with E-state index in [0.29, 0.717) is 0 Å². The average Bonchev–Trinajstić information content (AvgIpc) is 2.75. The van der Waals surface area contributed by atoms with Crippen LogP contribution in [-0.4, -0.2) is 46.0 Å². The third-order valence-electron chi connectivity index (χ3n) is 3.91. The Hall–Kier alpha value is -4.51. The largest absolute Gasteiger partial charge is 0.647 e. The van der Waals surface area contributed by atoms with E-state index in [2.05, 4.69) is 0 Å². The van der Waals surface area contributed by atoms with E-state index in [-0.39, 0.29) is 0 Å². The van der Waals surface area contributed by atoms with Crippen molar-refractivity contribution in [2.24, 2.45) is 0 Å². The third-order valence-corrected chi connectivity index (χ3v) is 5.17. The van der Waals surface area contributed by atoms with Gasteiger partial charge in [-0.25, -0.2) is 0 Å². The van der Waals surface area contributed by atoms with Gasteiger partial charge in [-0.3, -0.25) is 0 Å². The molecule has 0 fully saturated rings. The van der Waals surface area contributed by atoms with Crippen molar-refractivity contribution in [1.82, 2.24) is 0 Å². The van der Waals surface area contributed by atoms with Crippen LogP contribution in [-0.2, 0) is 4.57 Å². The van der Waals surface area contributed by atoms with Gasteiger partial charge in [-0.15, -0.1) is 0 Å². The Bertz CT molecular complexity index is 1090. The standard InChI is InChI=1S/C18H15O13P/c19-7-1-4-10(16(25)13(7)22)29-32(28,30-11-5-2-8(20)14(23)17(11)26)31-12-6-3-9(21)15(24)18(12)27/h1-6,19-27H. The van der Waals surface area contributed by atoms with Crippen LogP contribution in [0.2, 0.25) is 0 Å². The van der Waals surface area contributed by atoms with Gasteiger partial charge in [0.2, 0.25) is 34.5 Å². The number of phosphoric acid groups is 1. The van der Waals surface area contributed by atoms with Crippen LogP contribution in [0.3, 0.4) is 0 Å². The summed E-state index contributed by atoms with van der Waals surface area (Å²) < 4.78 is 28.4. The van der Waals surface area contributed by atoms with Crippen molar-refractivity contribution in [3.8, 4) is 69.0 Å². The second-order valence-corrected chi connectivity index (χ2v) is 7.50. The molecule has 0 amide bonds. The van der Waals surface area contributed by atoms with Gasteiger partial charge in [0.1, 0.15) is 0 Å². The molecule has 0 spiro atoms. The van der Waals surface area contributed by atoms with Crippen molar-refractivity contribution in [2.75, 3.05) is 0 Å². The second-order valence-electron chi connectivity index (χ2n) is 6.06. The van der Waals surface area contributed by atoms with E-state index < -0.39 is 76.8 Å². The topological polar surface area (TPSA) is 227 Å². The van der Waals surface area contributed by atoms with Crippen LogP contribution in [0.1, 0.15) is 0 Å². The van der Waals surface area contributed by atoms with E-state index in [9.17, 15) is 50.5 Å². The molecule has 32 heavy (non-hydrogen) atoms. The van der Waals surface area contributed by atoms with Gasteiger partial charge in [-0.2, -0.15) is 4.57 Å². The lowest BCUT2D eigenvalue weighted by molar-refractivity contribution is 0.274. The second kappa shape index (κ2) is 7.96. The molecular formula is C18H15O13P. The molecule has 9 N–H and O–H groups in total. The summed E-state index contributed by atoms with van der Waals surface area (Å²) >= 11 is 0. The zero-order valence-electron chi connectivity index (χ0n) is 15.6. The summed E-state index contributed by atoms with van der Waals surface area (Å²) in [6, 6.07) is 5.11. The summed E-state index contributed by atoms with van der Waals surface area (Å²) in [5.41, 5.74) is 0. The van der Waals surface area contributed by atoms with Crippen molar-refractivity contribution in [3.05, 3.63) is 36.4 Å². The molecule has 0 atom stereocenters. The Balaban J connectivity index is 2.09. The van der Waals surface area contributed by atoms with Crippen LogP contribution in [0.5, 0.6) is 69.0 Å². The monoisotopic (exact) mass is 470 g/mol. The first-order valence-electron chi connectivity index (χ1n) is 8.34. The predicted octanol–water partition coefficient (Wildman–Crippen LogP) is 2.68. The lowest BCUT2D eigenvalue weighted by Gasteiger charge is -2.21. The van der Waals surface area contributed by atoms with Crippen LogP contribution in [0.15, 0.2) is 36.4 Å². The maximum absolute atomic E-state index is 13.3. The molecule has 170 valence electrons.